The topological polar surface area (TPSA) is 57.6 Å². The molecule has 2 rings (SSSR count). The summed E-state index contributed by atoms with van der Waals surface area (Å²) >= 11 is 0. The van der Waals surface area contributed by atoms with Crippen molar-refractivity contribution in [2.45, 2.75) is 31.6 Å². The molecule has 4 nitrogen and oxygen atoms in total. The Hall–Kier alpha value is -0.910. The first-order valence-corrected chi connectivity index (χ1v) is 8.57. The van der Waals surface area contributed by atoms with Gasteiger partial charge in [0.2, 0.25) is 10.0 Å². The van der Waals surface area contributed by atoms with Gasteiger partial charge < -0.3 is 5.11 Å². The lowest BCUT2D eigenvalue weighted by atomic mass is 10.0. The van der Waals surface area contributed by atoms with Crippen LogP contribution in [0.25, 0.3) is 0 Å². The van der Waals surface area contributed by atoms with Crippen LogP contribution in [0.1, 0.15) is 25.8 Å². The van der Waals surface area contributed by atoms with E-state index in [0.717, 1.165) is 18.4 Å². The van der Waals surface area contributed by atoms with Crippen LogP contribution in [0.3, 0.4) is 0 Å². The second kappa shape index (κ2) is 6.24. The predicted molar refractivity (Wildman–Crippen MR) is 78.9 cm³/mol. The minimum absolute atomic E-state index is 0.0549. The molecule has 1 aliphatic rings. The normalized spacial score (nSPS) is 20.7. The van der Waals surface area contributed by atoms with Gasteiger partial charge in [0, 0.05) is 19.7 Å². The highest BCUT2D eigenvalue weighted by atomic mass is 32.2. The van der Waals surface area contributed by atoms with E-state index in [1.54, 1.807) is 12.1 Å². The first-order chi connectivity index (χ1) is 9.43. The number of aliphatic hydroxyl groups excluding tert-OH is 1. The summed E-state index contributed by atoms with van der Waals surface area (Å²) in [4.78, 5) is 0.351. The van der Waals surface area contributed by atoms with Crippen LogP contribution in [0.2, 0.25) is 0 Å². The molecule has 0 radical (unpaired) electrons. The van der Waals surface area contributed by atoms with E-state index in [9.17, 15) is 8.42 Å². The monoisotopic (exact) mass is 297 g/mol. The third-order valence-corrected chi connectivity index (χ3v) is 5.59. The summed E-state index contributed by atoms with van der Waals surface area (Å²) < 4.78 is 26.4. The fourth-order valence-electron chi connectivity index (χ4n) is 2.58. The Kier molecular flexibility index (Phi) is 4.83. The minimum atomic E-state index is -3.40. The van der Waals surface area contributed by atoms with Gasteiger partial charge in [-0.25, -0.2) is 8.42 Å². The molecule has 0 aromatic heterocycles. The fourth-order valence-corrected chi connectivity index (χ4v) is 4.11. The summed E-state index contributed by atoms with van der Waals surface area (Å²) in [6, 6.07) is 7.18. The highest BCUT2D eigenvalue weighted by molar-refractivity contribution is 7.89. The number of benzene rings is 1. The zero-order chi connectivity index (χ0) is 14.8. The SMILES string of the molecule is CC(C)Cc1ccc(S(=O)(=O)N2CCC(CO)C2)cc1. The number of aliphatic hydroxyl groups is 1. The largest absolute Gasteiger partial charge is 0.396 e. The molecule has 1 unspecified atom stereocenters. The average Bonchev–Trinajstić information content (AvgIpc) is 2.88. The zero-order valence-corrected chi connectivity index (χ0v) is 12.9. The highest BCUT2D eigenvalue weighted by Gasteiger charge is 2.31. The molecule has 20 heavy (non-hydrogen) atoms. The Labute approximate surface area is 121 Å². The number of hydrogen-bond donors (Lipinski definition) is 1. The van der Waals surface area contributed by atoms with Crippen molar-refractivity contribution in [2.75, 3.05) is 19.7 Å². The van der Waals surface area contributed by atoms with E-state index in [1.807, 2.05) is 12.1 Å². The quantitative estimate of drug-likeness (QED) is 0.903. The van der Waals surface area contributed by atoms with Gasteiger partial charge in [-0.2, -0.15) is 4.31 Å². The number of hydrogen-bond acceptors (Lipinski definition) is 3. The van der Waals surface area contributed by atoms with Crippen molar-refractivity contribution in [1.29, 1.82) is 0 Å². The molecule has 1 heterocycles. The van der Waals surface area contributed by atoms with Crippen LogP contribution in [-0.4, -0.2) is 37.5 Å². The van der Waals surface area contributed by atoms with Crippen molar-refractivity contribution < 1.29 is 13.5 Å². The number of rotatable bonds is 5. The van der Waals surface area contributed by atoms with Gasteiger partial charge >= 0.3 is 0 Å². The number of nitrogens with zero attached hydrogens (tertiary/aromatic N) is 1. The first-order valence-electron chi connectivity index (χ1n) is 7.13. The molecule has 0 saturated carbocycles. The van der Waals surface area contributed by atoms with Gasteiger partial charge in [0.1, 0.15) is 0 Å². The zero-order valence-electron chi connectivity index (χ0n) is 12.1. The van der Waals surface area contributed by atoms with E-state index in [-0.39, 0.29) is 12.5 Å². The third-order valence-electron chi connectivity index (χ3n) is 3.71. The molecule has 0 aliphatic carbocycles. The Balaban J connectivity index is 2.14. The van der Waals surface area contributed by atoms with Gasteiger partial charge in [0.15, 0.2) is 0 Å². The minimum Gasteiger partial charge on any atom is -0.396 e. The maximum atomic E-state index is 12.5. The molecule has 0 amide bonds. The Morgan fingerprint density at radius 3 is 2.45 bits per heavy atom. The molecule has 5 heteroatoms. The lowest BCUT2D eigenvalue weighted by molar-refractivity contribution is 0.233. The van der Waals surface area contributed by atoms with Gasteiger partial charge in [-0.05, 0) is 42.4 Å². The van der Waals surface area contributed by atoms with Crippen LogP contribution >= 0.6 is 0 Å². The van der Waals surface area contributed by atoms with E-state index in [2.05, 4.69) is 13.8 Å². The van der Waals surface area contributed by atoms with Crippen molar-refractivity contribution in [3.8, 4) is 0 Å². The van der Waals surface area contributed by atoms with Gasteiger partial charge in [-0.15, -0.1) is 0 Å². The molecule has 1 aromatic carbocycles. The Morgan fingerprint density at radius 1 is 1.30 bits per heavy atom. The van der Waals surface area contributed by atoms with Crippen LogP contribution in [0, 0.1) is 11.8 Å². The van der Waals surface area contributed by atoms with E-state index >= 15 is 0 Å². The van der Waals surface area contributed by atoms with Gasteiger partial charge in [-0.1, -0.05) is 26.0 Å². The molecule has 1 atom stereocenters. The van der Waals surface area contributed by atoms with Gasteiger partial charge in [0.05, 0.1) is 4.90 Å². The molecule has 1 saturated heterocycles. The average molecular weight is 297 g/mol. The van der Waals surface area contributed by atoms with Crippen LogP contribution in [0.15, 0.2) is 29.2 Å². The molecule has 0 bridgehead atoms. The third kappa shape index (κ3) is 3.40. The lowest BCUT2D eigenvalue weighted by Gasteiger charge is -2.16. The summed E-state index contributed by atoms with van der Waals surface area (Å²) in [5.74, 6) is 0.631. The van der Waals surface area contributed by atoms with Crippen molar-refractivity contribution >= 4 is 10.0 Å². The summed E-state index contributed by atoms with van der Waals surface area (Å²) in [6.07, 6.45) is 1.69. The van der Waals surface area contributed by atoms with Crippen LogP contribution in [-0.2, 0) is 16.4 Å². The molecule has 1 fully saturated rings. The van der Waals surface area contributed by atoms with Gasteiger partial charge in [0.25, 0.3) is 0 Å². The van der Waals surface area contributed by atoms with E-state index in [4.69, 9.17) is 5.11 Å². The van der Waals surface area contributed by atoms with Crippen LogP contribution in [0.5, 0.6) is 0 Å². The van der Waals surface area contributed by atoms with Gasteiger partial charge in [-0.3, -0.25) is 0 Å². The smallest absolute Gasteiger partial charge is 0.243 e. The molecule has 1 N–H and O–H groups in total. The molecule has 112 valence electrons. The summed E-state index contributed by atoms with van der Waals surface area (Å²) in [6.45, 7) is 5.26. The molecule has 0 spiro atoms. The van der Waals surface area contributed by atoms with E-state index in [1.165, 1.54) is 4.31 Å². The molecular formula is C15H23NO3S. The van der Waals surface area contributed by atoms with Crippen molar-refractivity contribution in [1.82, 2.24) is 4.31 Å². The van der Waals surface area contributed by atoms with Crippen LogP contribution < -0.4 is 0 Å². The Bertz CT molecular complexity index is 537. The standard InChI is InChI=1S/C15H23NO3S/c1-12(2)9-13-3-5-15(6-4-13)20(18,19)16-8-7-14(10-16)11-17/h3-6,12,14,17H,7-11H2,1-2H3. The van der Waals surface area contributed by atoms with Crippen molar-refractivity contribution in [2.24, 2.45) is 11.8 Å². The fraction of sp³-hybridized carbons (Fsp3) is 0.600. The number of sulfonamides is 1. The van der Waals surface area contributed by atoms with Crippen molar-refractivity contribution in [3.63, 3.8) is 0 Å². The second-order valence-electron chi connectivity index (χ2n) is 5.94. The second-order valence-corrected chi connectivity index (χ2v) is 7.88. The molecule has 1 aliphatic heterocycles. The van der Waals surface area contributed by atoms with E-state index < -0.39 is 10.0 Å². The molecule has 1 aromatic rings. The summed E-state index contributed by atoms with van der Waals surface area (Å²) in [5, 5.41) is 9.12. The summed E-state index contributed by atoms with van der Waals surface area (Å²) in [7, 11) is -3.40. The lowest BCUT2D eigenvalue weighted by Crippen LogP contribution is -2.29. The maximum absolute atomic E-state index is 12.5. The first kappa shape index (κ1) is 15.5. The summed E-state index contributed by atoms with van der Waals surface area (Å²) in [5.41, 5.74) is 1.16. The van der Waals surface area contributed by atoms with Crippen LogP contribution in [0.4, 0.5) is 0 Å². The van der Waals surface area contributed by atoms with E-state index in [0.29, 0.717) is 23.9 Å². The predicted octanol–water partition coefficient (Wildman–Crippen LogP) is 1.89. The molecular weight excluding hydrogens is 274 g/mol. The maximum Gasteiger partial charge on any atom is 0.243 e. The van der Waals surface area contributed by atoms with Crippen molar-refractivity contribution in [3.05, 3.63) is 29.8 Å². The highest BCUT2D eigenvalue weighted by Crippen LogP contribution is 2.24. The Morgan fingerprint density at radius 2 is 1.95 bits per heavy atom.